The topological polar surface area (TPSA) is 84.0 Å². The number of anilines is 1. The van der Waals surface area contributed by atoms with Crippen LogP contribution in [0.1, 0.15) is 63.1 Å². The summed E-state index contributed by atoms with van der Waals surface area (Å²) in [4.78, 5) is 9.56. The number of hydrogen-bond donors (Lipinski definition) is 1. The minimum Gasteiger partial charge on any atom is -0.497 e. The third-order valence-electron chi connectivity index (χ3n) is 7.92. The molecule has 8 heteroatoms. The van der Waals surface area contributed by atoms with Gasteiger partial charge in [0.2, 0.25) is 11.8 Å². The van der Waals surface area contributed by atoms with Gasteiger partial charge >= 0.3 is 0 Å². The zero-order valence-corrected chi connectivity index (χ0v) is 23.7. The van der Waals surface area contributed by atoms with E-state index in [4.69, 9.17) is 33.7 Å². The van der Waals surface area contributed by atoms with E-state index in [0.29, 0.717) is 30.9 Å². The summed E-state index contributed by atoms with van der Waals surface area (Å²) in [7, 11) is 3.32. The molecule has 5 rings (SSSR count). The molecule has 0 amide bonds. The highest BCUT2D eigenvalue weighted by molar-refractivity contribution is 5.40. The number of benzene rings is 2. The van der Waals surface area contributed by atoms with Crippen LogP contribution in [0.25, 0.3) is 0 Å². The molecule has 0 unspecified atom stereocenters. The van der Waals surface area contributed by atoms with Crippen LogP contribution in [0.4, 0.5) is 5.95 Å². The van der Waals surface area contributed by atoms with Gasteiger partial charge in [0, 0.05) is 24.2 Å². The number of methoxy groups -OCH3 is 2. The van der Waals surface area contributed by atoms with E-state index in [9.17, 15) is 0 Å². The van der Waals surface area contributed by atoms with E-state index in [1.807, 2.05) is 68.6 Å². The lowest BCUT2D eigenvalue weighted by Gasteiger charge is -2.31. The Hall–Kier alpha value is -3.36. The van der Waals surface area contributed by atoms with E-state index < -0.39 is 11.4 Å². The molecule has 2 heterocycles. The fourth-order valence-electron chi connectivity index (χ4n) is 5.96. The molecular formula is C31H39N3O5. The average molecular weight is 534 g/mol. The summed E-state index contributed by atoms with van der Waals surface area (Å²) in [6.45, 7) is 9.31. The van der Waals surface area contributed by atoms with E-state index in [0.717, 1.165) is 41.0 Å². The van der Waals surface area contributed by atoms with E-state index in [1.54, 1.807) is 14.2 Å². The van der Waals surface area contributed by atoms with Gasteiger partial charge in [-0.1, -0.05) is 37.6 Å². The molecule has 3 aromatic rings. The van der Waals surface area contributed by atoms with Crippen LogP contribution in [0.5, 0.6) is 17.4 Å². The predicted octanol–water partition coefficient (Wildman–Crippen LogP) is 6.11. The van der Waals surface area contributed by atoms with Crippen LogP contribution in [0.3, 0.4) is 0 Å². The zero-order chi connectivity index (χ0) is 27.6. The molecule has 2 aromatic carbocycles. The number of fused-ring (bicyclic) bond motifs is 1. The van der Waals surface area contributed by atoms with Gasteiger partial charge in [0.05, 0.1) is 20.3 Å². The van der Waals surface area contributed by atoms with Crippen LogP contribution in [0.15, 0.2) is 54.7 Å². The number of ether oxygens (including phenoxy) is 5. The lowest BCUT2D eigenvalue weighted by molar-refractivity contribution is -0.171. The molecule has 8 nitrogen and oxygen atoms in total. The highest BCUT2D eigenvalue weighted by Gasteiger charge is 2.62. The number of nitrogens with one attached hydrogen (secondary N) is 1. The van der Waals surface area contributed by atoms with Crippen LogP contribution < -0.4 is 19.5 Å². The first-order chi connectivity index (χ1) is 18.7. The summed E-state index contributed by atoms with van der Waals surface area (Å²) >= 11 is 0. The van der Waals surface area contributed by atoms with Crippen molar-refractivity contribution in [2.75, 3.05) is 19.5 Å². The minimum atomic E-state index is -0.643. The summed E-state index contributed by atoms with van der Waals surface area (Å²) < 4.78 is 30.0. The lowest BCUT2D eigenvalue weighted by atomic mass is 9.86. The van der Waals surface area contributed by atoms with Gasteiger partial charge < -0.3 is 29.0 Å². The number of rotatable bonds is 10. The van der Waals surface area contributed by atoms with Crippen LogP contribution in [0, 0.1) is 5.92 Å². The Kier molecular flexibility index (Phi) is 7.69. The van der Waals surface area contributed by atoms with Crippen molar-refractivity contribution >= 4 is 5.95 Å². The summed E-state index contributed by atoms with van der Waals surface area (Å²) in [6.07, 6.45) is 3.84. The van der Waals surface area contributed by atoms with Gasteiger partial charge in [-0.2, -0.15) is 4.98 Å². The minimum absolute atomic E-state index is 0.00446. The second-order valence-electron chi connectivity index (χ2n) is 11.0. The van der Waals surface area contributed by atoms with E-state index in [-0.39, 0.29) is 12.0 Å². The first-order valence-corrected chi connectivity index (χ1v) is 13.6. The average Bonchev–Trinajstić information content (AvgIpc) is 3.35. The van der Waals surface area contributed by atoms with Gasteiger partial charge in [0.25, 0.3) is 0 Å². The summed E-state index contributed by atoms with van der Waals surface area (Å²) in [5.41, 5.74) is 2.57. The van der Waals surface area contributed by atoms with E-state index >= 15 is 0 Å². The van der Waals surface area contributed by atoms with Gasteiger partial charge in [-0.25, -0.2) is 4.98 Å². The van der Waals surface area contributed by atoms with Crippen molar-refractivity contribution in [2.24, 2.45) is 5.92 Å². The smallest absolute Gasteiger partial charge is 0.226 e. The molecule has 0 spiro atoms. The maximum absolute atomic E-state index is 6.58. The second-order valence-corrected chi connectivity index (χ2v) is 11.0. The molecule has 39 heavy (non-hydrogen) atoms. The highest BCUT2D eigenvalue weighted by atomic mass is 16.8. The largest absolute Gasteiger partial charge is 0.497 e. The monoisotopic (exact) mass is 533 g/mol. The highest BCUT2D eigenvalue weighted by Crippen LogP contribution is 2.57. The van der Waals surface area contributed by atoms with Crippen molar-refractivity contribution in [1.29, 1.82) is 0 Å². The van der Waals surface area contributed by atoms with Crippen LogP contribution in [-0.2, 0) is 22.6 Å². The van der Waals surface area contributed by atoms with Crippen molar-refractivity contribution < 1.29 is 23.7 Å². The first kappa shape index (κ1) is 27.2. The summed E-state index contributed by atoms with van der Waals surface area (Å²) in [6, 6.07) is 15.8. The van der Waals surface area contributed by atoms with Gasteiger partial charge in [-0.05, 0) is 68.5 Å². The Morgan fingerprint density at radius 2 is 1.59 bits per heavy atom. The van der Waals surface area contributed by atoms with E-state index in [2.05, 4.69) is 19.2 Å². The first-order valence-electron chi connectivity index (χ1n) is 13.6. The Morgan fingerprint density at radius 1 is 0.949 bits per heavy atom. The third kappa shape index (κ3) is 5.68. The van der Waals surface area contributed by atoms with Crippen LogP contribution >= 0.6 is 0 Å². The SMILES string of the molecule is CC[C@H]1C[C@@H](c2cnc(NCc3ccc(OC)cc3)nc2OCc2ccc(OC)cc2)[C@]2(C)OC(C)(C)O[C@H]12. The van der Waals surface area contributed by atoms with Gasteiger partial charge in [-0.15, -0.1) is 0 Å². The quantitative estimate of drug-likeness (QED) is 0.334. The molecule has 1 aliphatic carbocycles. The molecule has 208 valence electrons. The zero-order valence-electron chi connectivity index (χ0n) is 23.7. The lowest BCUT2D eigenvalue weighted by Crippen LogP contribution is -2.39. The van der Waals surface area contributed by atoms with Gasteiger partial charge in [0.1, 0.15) is 23.7 Å². The molecule has 1 saturated carbocycles. The maximum Gasteiger partial charge on any atom is 0.226 e. The second kappa shape index (κ2) is 11.0. The third-order valence-corrected chi connectivity index (χ3v) is 7.92. The van der Waals surface area contributed by atoms with Crippen LogP contribution in [0.2, 0.25) is 0 Å². The molecule has 1 N–H and O–H groups in total. The number of hydrogen-bond acceptors (Lipinski definition) is 8. The van der Waals surface area contributed by atoms with Crippen molar-refractivity contribution in [2.45, 2.75) is 77.1 Å². The maximum atomic E-state index is 6.58. The number of aromatic nitrogens is 2. The van der Waals surface area contributed by atoms with Crippen molar-refractivity contribution in [3.8, 4) is 17.4 Å². The molecule has 2 aliphatic rings. The Morgan fingerprint density at radius 3 is 2.21 bits per heavy atom. The fourth-order valence-corrected chi connectivity index (χ4v) is 5.96. The predicted molar refractivity (Wildman–Crippen MR) is 149 cm³/mol. The van der Waals surface area contributed by atoms with Crippen molar-refractivity contribution in [3.05, 3.63) is 71.4 Å². The molecule has 1 aromatic heterocycles. The molecule has 0 radical (unpaired) electrons. The Labute approximate surface area is 231 Å². The Bertz CT molecular complexity index is 1260. The molecule has 2 fully saturated rings. The van der Waals surface area contributed by atoms with Crippen molar-refractivity contribution in [1.82, 2.24) is 9.97 Å². The van der Waals surface area contributed by atoms with Crippen LogP contribution in [-0.4, -0.2) is 41.7 Å². The Balaban J connectivity index is 1.42. The summed E-state index contributed by atoms with van der Waals surface area (Å²) in [5.74, 6) is 2.48. The number of nitrogens with zero attached hydrogens (tertiary/aromatic N) is 2. The van der Waals surface area contributed by atoms with Crippen molar-refractivity contribution in [3.63, 3.8) is 0 Å². The van der Waals surface area contributed by atoms with Gasteiger partial charge in [0.15, 0.2) is 5.79 Å². The van der Waals surface area contributed by atoms with E-state index in [1.165, 1.54) is 0 Å². The molecule has 0 bridgehead atoms. The molecule has 1 aliphatic heterocycles. The molecule has 4 atom stereocenters. The van der Waals surface area contributed by atoms with Gasteiger partial charge in [-0.3, -0.25) is 0 Å². The molecule has 1 saturated heterocycles. The summed E-state index contributed by atoms with van der Waals surface area (Å²) in [5, 5.41) is 3.34. The fraction of sp³-hybridized carbons (Fsp3) is 0.484. The molecular weight excluding hydrogens is 494 g/mol. The normalized spacial score (nSPS) is 25.2. The standard InChI is InChI=1S/C31H39N3O5/c1-7-22-16-26(31(4)27(22)38-30(2,3)39-31)25-18-33-29(32-17-20-8-12-23(35-5)13-9-20)34-28(25)37-19-21-10-14-24(36-6)15-11-21/h8-15,18,22,26-27H,7,16-17,19H2,1-6H3,(H,32,33,34)/t22-,26-,27+,31-/m0/s1.